The van der Waals surface area contributed by atoms with Crippen LogP contribution in [-0.2, 0) is 6.42 Å². The van der Waals surface area contributed by atoms with Gasteiger partial charge in [-0.2, -0.15) is 0 Å². The van der Waals surface area contributed by atoms with Gasteiger partial charge in [0, 0.05) is 25.3 Å². The van der Waals surface area contributed by atoms with Gasteiger partial charge in [0.2, 0.25) is 0 Å². The number of carbonyl (C=O) groups excluding carboxylic acids is 1. The summed E-state index contributed by atoms with van der Waals surface area (Å²) >= 11 is 0. The molecule has 0 fully saturated rings. The van der Waals surface area contributed by atoms with E-state index in [-0.39, 0.29) is 0 Å². The van der Waals surface area contributed by atoms with Crippen molar-refractivity contribution in [2.45, 2.75) is 19.8 Å². The molecule has 76 valence electrons. The van der Waals surface area contributed by atoms with Crippen LogP contribution in [0, 0.1) is 0 Å². The second-order valence-corrected chi connectivity index (χ2v) is 3.61. The van der Waals surface area contributed by atoms with Crippen LogP contribution in [0.3, 0.4) is 0 Å². The smallest absolute Gasteiger partial charge is 0.150 e. The molecule has 0 amide bonds. The minimum Gasteiger partial charge on any atom is -0.377 e. The average molecular weight is 191 g/mol. The number of anilines is 1. The van der Waals surface area contributed by atoms with Crippen molar-refractivity contribution in [3.05, 3.63) is 29.3 Å². The number of nitrogens with zero attached hydrogens (tertiary/aromatic N) is 1. The van der Waals surface area contributed by atoms with Gasteiger partial charge < -0.3 is 4.90 Å². The van der Waals surface area contributed by atoms with E-state index >= 15 is 0 Å². The molecule has 0 bridgehead atoms. The lowest BCUT2D eigenvalue weighted by Gasteiger charge is -2.18. The molecule has 0 aromatic heterocycles. The van der Waals surface area contributed by atoms with Crippen LogP contribution >= 0.6 is 0 Å². The molecular formula is C12H17NO. The first-order valence-electron chi connectivity index (χ1n) is 4.95. The molecule has 0 N–H and O–H groups in total. The molecule has 2 heteroatoms. The quantitative estimate of drug-likeness (QED) is 0.681. The van der Waals surface area contributed by atoms with Gasteiger partial charge in [-0.15, -0.1) is 0 Å². The average Bonchev–Trinajstić information content (AvgIpc) is 2.18. The van der Waals surface area contributed by atoms with Crippen LogP contribution in [-0.4, -0.2) is 20.4 Å². The van der Waals surface area contributed by atoms with Gasteiger partial charge in [-0.1, -0.05) is 25.5 Å². The normalized spacial score (nSPS) is 9.93. The lowest BCUT2D eigenvalue weighted by atomic mass is 10.0. The van der Waals surface area contributed by atoms with Gasteiger partial charge in [0.25, 0.3) is 0 Å². The first-order chi connectivity index (χ1) is 6.70. The Morgan fingerprint density at radius 1 is 1.36 bits per heavy atom. The molecule has 0 spiro atoms. The van der Waals surface area contributed by atoms with Crippen molar-refractivity contribution in [2.75, 3.05) is 19.0 Å². The van der Waals surface area contributed by atoms with Gasteiger partial charge in [0.1, 0.15) is 6.29 Å². The van der Waals surface area contributed by atoms with Gasteiger partial charge in [-0.05, 0) is 18.1 Å². The highest BCUT2D eigenvalue weighted by molar-refractivity contribution is 5.81. The standard InChI is InChI=1S/C12H17NO/c1-4-6-11-10(9-14)7-5-8-12(11)13(2)3/h5,7-9H,4,6H2,1-3H3. The largest absolute Gasteiger partial charge is 0.377 e. The van der Waals surface area contributed by atoms with Crippen molar-refractivity contribution in [1.82, 2.24) is 0 Å². The summed E-state index contributed by atoms with van der Waals surface area (Å²) in [6.07, 6.45) is 2.96. The summed E-state index contributed by atoms with van der Waals surface area (Å²) in [5, 5.41) is 0. The van der Waals surface area contributed by atoms with Crippen LogP contribution in [0.1, 0.15) is 29.3 Å². The summed E-state index contributed by atoms with van der Waals surface area (Å²) in [4.78, 5) is 12.9. The number of carbonyl (C=O) groups is 1. The highest BCUT2D eigenvalue weighted by Gasteiger charge is 2.07. The van der Waals surface area contributed by atoms with E-state index in [0.29, 0.717) is 0 Å². The summed E-state index contributed by atoms with van der Waals surface area (Å²) in [5.41, 5.74) is 3.13. The number of hydrogen-bond donors (Lipinski definition) is 0. The lowest BCUT2D eigenvalue weighted by Crippen LogP contribution is -2.12. The van der Waals surface area contributed by atoms with Crippen LogP contribution in [0.15, 0.2) is 18.2 Å². The molecule has 2 nitrogen and oxygen atoms in total. The second kappa shape index (κ2) is 4.80. The maximum absolute atomic E-state index is 10.9. The molecule has 0 saturated carbocycles. The van der Waals surface area contributed by atoms with Gasteiger partial charge in [0.05, 0.1) is 0 Å². The van der Waals surface area contributed by atoms with Crippen LogP contribution in [0.25, 0.3) is 0 Å². The van der Waals surface area contributed by atoms with E-state index in [1.807, 2.05) is 26.2 Å². The summed E-state index contributed by atoms with van der Waals surface area (Å²) < 4.78 is 0. The molecular weight excluding hydrogens is 174 g/mol. The Hall–Kier alpha value is -1.31. The maximum atomic E-state index is 10.9. The first-order valence-corrected chi connectivity index (χ1v) is 4.95. The lowest BCUT2D eigenvalue weighted by molar-refractivity contribution is 0.112. The van der Waals surface area contributed by atoms with Crippen molar-refractivity contribution in [1.29, 1.82) is 0 Å². The SMILES string of the molecule is CCCc1c(C=O)cccc1N(C)C. The molecule has 1 rings (SSSR count). The zero-order chi connectivity index (χ0) is 10.6. The highest BCUT2D eigenvalue weighted by atomic mass is 16.1. The molecule has 0 unspecified atom stereocenters. The predicted octanol–water partition coefficient (Wildman–Crippen LogP) is 2.52. The van der Waals surface area contributed by atoms with Crippen molar-refractivity contribution >= 4 is 12.0 Å². The molecule has 0 radical (unpaired) electrons. The fourth-order valence-corrected chi connectivity index (χ4v) is 1.64. The molecule has 1 aromatic carbocycles. The minimum atomic E-state index is 0.818. The van der Waals surface area contributed by atoms with Crippen molar-refractivity contribution in [2.24, 2.45) is 0 Å². The Labute approximate surface area is 85.5 Å². The van der Waals surface area contributed by atoms with Crippen molar-refractivity contribution in [3.8, 4) is 0 Å². The molecule has 0 atom stereocenters. The Morgan fingerprint density at radius 3 is 2.57 bits per heavy atom. The van der Waals surface area contributed by atoms with E-state index in [4.69, 9.17) is 0 Å². The Balaban J connectivity index is 3.20. The monoisotopic (exact) mass is 191 g/mol. The first kappa shape index (κ1) is 10.8. The summed E-state index contributed by atoms with van der Waals surface area (Å²) in [6.45, 7) is 2.13. The van der Waals surface area contributed by atoms with Crippen LogP contribution in [0.2, 0.25) is 0 Å². The van der Waals surface area contributed by atoms with E-state index < -0.39 is 0 Å². The molecule has 0 aliphatic carbocycles. The van der Waals surface area contributed by atoms with Gasteiger partial charge in [-0.3, -0.25) is 4.79 Å². The predicted molar refractivity (Wildman–Crippen MR) is 60.2 cm³/mol. The molecule has 0 heterocycles. The Kier molecular flexibility index (Phi) is 3.69. The van der Waals surface area contributed by atoms with Crippen molar-refractivity contribution in [3.63, 3.8) is 0 Å². The third kappa shape index (κ3) is 2.13. The fourth-order valence-electron chi connectivity index (χ4n) is 1.64. The number of rotatable bonds is 4. The number of aldehydes is 1. The second-order valence-electron chi connectivity index (χ2n) is 3.61. The summed E-state index contributed by atoms with van der Waals surface area (Å²) in [5.74, 6) is 0. The van der Waals surface area contributed by atoms with Crippen LogP contribution in [0.4, 0.5) is 5.69 Å². The van der Waals surface area contributed by atoms with Gasteiger partial charge >= 0.3 is 0 Å². The van der Waals surface area contributed by atoms with E-state index in [0.717, 1.165) is 35.9 Å². The molecule has 0 aliphatic rings. The zero-order valence-electron chi connectivity index (χ0n) is 9.08. The molecule has 1 aromatic rings. The van der Waals surface area contributed by atoms with Gasteiger partial charge in [0.15, 0.2) is 0 Å². The summed E-state index contributed by atoms with van der Waals surface area (Å²) in [7, 11) is 4.01. The number of hydrogen-bond acceptors (Lipinski definition) is 2. The Morgan fingerprint density at radius 2 is 2.07 bits per heavy atom. The Bertz CT molecular complexity index is 318. The molecule has 14 heavy (non-hydrogen) atoms. The van der Waals surface area contributed by atoms with E-state index in [2.05, 4.69) is 17.9 Å². The van der Waals surface area contributed by atoms with Crippen LogP contribution < -0.4 is 4.90 Å². The zero-order valence-corrected chi connectivity index (χ0v) is 9.08. The molecule has 0 saturated heterocycles. The summed E-state index contributed by atoms with van der Waals surface area (Å²) in [6, 6.07) is 5.86. The van der Waals surface area contributed by atoms with E-state index in [1.54, 1.807) is 0 Å². The molecule has 0 aliphatic heterocycles. The van der Waals surface area contributed by atoms with Crippen molar-refractivity contribution < 1.29 is 4.79 Å². The van der Waals surface area contributed by atoms with E-state index in [9.17, 15) is 4.79 Å². The highest BCUT2D eigenvalue weighted by Crippen LogP contribution is 2.22. The number of benzene rings is 1. The topological polar surface area (TPSA) is 20.3 Å². The van der Waals surface area contributed by atoms with Gasteiger partial charge in [-0.25, -0.2) is 0 Å². The minimum absolute atomic E-state index is 0.818. The third-order valence-corrected chi connectivity index (χ3v) is 2.30. The fraction of sp³-hybridized carbons (Fsp3) is 0.417. The third-order valence-electron chi connectivity index (χ3n) is 2.30. The van der Waals surface area contributed by atoms with E-state index in [1.165, 1.54) is 0 Å². The maximum Gasteiger partial charge on any atom is 0.150 e. The van der Waals surface area contributed by atoms with Crippen LogP contribution in [0.5, 0.6) is 0 Å².